The topological polar surface area (TPSA) is 32.7 Å². The summed E-state index contributed by atoms with van der Waals surface area (Å²) in [4.78, 5) is 2.26. The Hall–Kier alpha value is -0.970. The summed E-state index contributed by atoms with van der Waals surface area (Å²) in [5.41, 5.74) is 0.761. The molecule has 0 bridgehead atoms. The number of rotatable bonds is 8. The van der Waals surface area contributed by atoms with Gasteiger partial charge in [-0.2, -0.15) is 0 Å². The minimum Gasteiger partial charge on any atom is -0.388 e. The summed E-state index contributed by atoms with van der Waals surface area (Å²) in [6, 6.07) is 6.35. The lowest BCUT2D eigenvalue weighted by Gasteiger charge is -2.28. The van der Waals surface area contributed by atoms with Crippen LogP contribution in [0, 0.1) is 5.82 Å². The molecule has 0 radical (unpaired) electrons. The zero-order chi connectivity index (χ0) is 14.3. The molecule has 0 saturated carbocycles. The van der Waals surface area contributed by atoms with Crippen LogP contribution in [0.15, 0.2) is 24.3 Å². The van der Waals surface area contributed by atoms with E-state index in [2.05, 4.69) is 18.7 Å². The normalized spacial score (nSPS) is 14.6. The Morgan fingerprint density at radius 2 is 1.95 bits per heavy atom. The molecule has 1 N–H and O–H groups in total. The van der Waals surface area contributed by atoms with Crippen LogP contribution >= 0.6 is 0 Å². The van der Waals surface area contributed by atoms with Crippen molar-refractivity contribution < 1.29 is 14.2 Å². The molecule has 0 aliphatic heterocycles. The van der Waals surface area contributed by atoms with Gasteiger partial charge in [0, 0.05) is 19.7 Å². The van der Waals surface area contributed by atoms with Crippen LogP contribution in [0.1, 0.15) is 31.9 Å². The quantitative estimate of drug-likeness (QED) is 0.787. The van der Waals surface area contributed by atoms with Crippen LogP contribution in [0.25, 0.3) is 0 Å². The SMILES string of the molecule is CCN(CCC(O)c1ccc(F)cc1)C(C)COC. The van der Waals surface area contributed by atoms with E-state index in [0.29, 0.717) is 19.1 Å². The maximum absolute atomic E-state index is 12.8. The molecule has 1 aromatic rings. The number of aliphatic hydroxyl groups is 1. The fraction of sp³-hybridized carbons (Fsp3) is 0.600. The summed E-state index contributed by atoms with van der Waals surface area (Å²) in [6.07, 6.45) is 0.0810. The molecule has 108 valence electrons. The van der Waals surface area contributed by atoms with Crippen molar-refractivity contribution in [1.82, 2.24) is 4.90 Å². The number of hydrogen-bond donors (Lipinski definition) is 1. The summed E-state index contributed by atoms with van der Waals surface area (Å²) >= 11 is 0. The molecule has 0 aromatic heterocycles. The van der Waals surface area contributed by atoms with Crippen LogP contribution in [-0.2, 0) is 4.74 Å². The number of aliphatic hydroxyl groups excluding tert-OH is 1. The van der Waals surface area contributed by atoms with Gasteiger partial charge in [0.2, 0.25) is 0 Å². The predicted molar refractivity (Wildman–Crippen MR) is 74.6 cm³/mol. The molecule has 0 heterocycles. The van der Waals surface area contributed by atoms with Crippen molar-refractivity contribution in [2.75, 3.05) is 26.8 Å². The highest BCUT2D eigenvalue weighted by molar-refractivity contribution is 5.18. The minimum absolute atomic E-state index is 0.278. The molecule has 0 amide bonds. The second-order valence-corrected chi connectivity index (χ2v) is 4.79. The lowest BCUT2D eigenvalue weighted by Crippen LogP contribution is -2.37. The first-order valence-electron chi connectivity index (χ1n) is 6.75. The Bertz CT molecular complexity index is 356. The van der Waals surface area contributed by atoms with Crippen molar-refractivity contribution in [2.24, 2.45) is 0 Å². The minimum atomic E-state index is -0.551. The highest BCUT2D eigenvalue weighted by Gasteiger charge is 2.14. The Balaban J connectivity index is 2.47. The summed E-state index contributed by atoms with van der Waals surface area (Å²) < 4.78 is 18.0. The second-order valence-electron chi connectivity index (χ2n) is 4.79. The predicted octanol–water partition coefficient (Wildman–Crippen LogP) is 2.61. The first-order chi connectivity index (χ1) is 9.08. The highest BCUT2D eigenvalue weighted by Crippen LogP contribution is 2.18. The first kappa shape index (κ1) is 16.1. The molecule has 0 saturated heterocycles. The smallest absolute Gasteiger partial charge is 0.123 e. The van der Waals surface area contributed by atoms with Gasteiger partial charge in [-0.1, -0.05) is 19.1 Å². The van der Waals surface area contributed by atoms with E-state index < -0.39 is 6.10 Å². The van der Waals surface area contributed by atoms with Gasteiger partial charge in [0.05, 0.1) is 12.7 Å². The van der Waals surface area contributed by atoms with E-state index in [1.807, 2.05) is 0 Å². The van der Waals surface area contributed by atoms with Crippen molar-refractivity contribution in [2.45, 2.75) is 32.4 Å². The van der Waals surface area contributed by atoms with Gasteiger partial charge in [-0.25, -0.2) is 4.39 Å². The van der Waals surface area contributed by atoms with E-state index in [1.54, 1.807) is 19.2 Å². The largest absolute Gasteiger partial charge is 0.388 e. The van der Waals surface area contributed by atoms with Crippen LogP contribution in [0.2, 0.25) is 0 Å². The van der Waals surface area contributed by atoms with Crippen molar-refractivity contribution in [3.8, 4) is 0 Å². The van der Waals surface area contributed by atoms with Crippen LogP contribution in [0.4, 0.5) is 4.39 Å². The van der Waals surface area contributed by atoms with E-state index in [9.17, 15) is 9.50 Å². The van der Waals surface area contributed by atoms with Gasteiger partial charge >= 0.3 is 0 Å². The Morgan fingerprint density at radius 1 is 1.32 bits per heavy atom. The fourth-order valence-electron chi connectivity index (χ4n) is 2.18. The third-order valence-corrected chi connectivity index (χ3v) is 3.38. The molecule has 0 aliphatic rings. The molecule has 19 heavy (non-hydrogen) atoms. The third kappa shape index (κ3) is 5.27. The second kappa shape index (κ2) is 8.25. The lowest BCUT2D eigenvalue weighted by molar-refractivity contribution is 0.0841. The zero-order valence-corrected chi connectivity index (χ0v) is 12.0. The van der Waals surface area contributed by atoms with Gasteiger partial charge in [0.25, 0.3) is 0 Å². The van der Waals surface area contributed by atoms with E-state index in [0.717, 1.165) is 18.7 Å². The highest BCUT2D eigenvalue weighted by atomic mass is 19.1. The number of hydrogen-bond acceptors (Lipinski definition) is 3. The molecule has 2 unspecified atom stereocenters. The lowest BCUT2D eigenvalue weighted by atomic mass is 10.1. The molecule has 4 heteroatoms. The fourth-order valence-corrected chi connectivity index (χ4v) is 2.18. The standard InChI is InChI=1S/C15H24FNO2/c1-4-17(12(2)11-19-3)10-9-15(18)13-5-7-14(16)8-6-13/h5-8,12,15,18H,4,9-11H2,1-3H3. The molecule has 0 spiro atoms. The van der Waals surface area contributed by atoms with Crippen LogP contribution in [0.5, 0.6) is 0 Å². The Morgan fingerprint density at radius 3 is 2.47 bits per heavy atom. The van der Waals surface area contributed by atoms with Crippen molar-refractivity contribution >= 4 is 0 Å². The van der Waals surface area contributed by atoms with Gasteiger partial charge in [-0.3, -0.25) is 4.90 Å². The van der Waals surface area contributed by atoms with Crippen LogP contribution < -0.4 is 0 Å². The molecular formula is C15H24FNO2. The molecule has 3 nitrogen and oxygen atoms in total. The molecular weight excluding hydrogens is 245 g/mol. The van der Waals surface area contributed by atoms with Gasteiger partial charge in [0.1, 0.15) is 5.82 Å². The van der Waals surface area contributed by atoms with Gasteiger partial charge < -0.3 is 9.84 Å². The Kier molecular flexibility index (Phi) is 6.99. The summed E-state index contributed by atoms with van der Waals surface area (Å²) in [5, 5.41) is 10.1. The maximum atomic E-state index is 12.8. The third-order valence-electron chi connectivity index (χ3n) is 3.38. The average molecular weight is 269 g/mol. The summed E-state index contributed by atoms with van der Waals surface area (Å²) in [5.74, 6) is -0.278. The summed E-state index contributed by atoms with van der Waals surface area (Å²) in [6.45, 7) is 6.59. The number of likely N-dealkylation sites (N-methyl/N-ethyl adjacent to an activating group) is 1. The monoisotopic (exact) mass is 269 g/mol. The van der Waals surface area contributed by atoms with E-state index >= 15 is 0 Å². The zero-order valence-electron chi connectivity index (χ0n) is 12.0. The van der Waals surface area contributed by atoms with Crippen molar-refractivity contribution in [3.05, 3.63) is 35.6 Å². The number of nitrogens with zero attached hydrogens (tertiary/aromatic N) is 1. The Labute approximate surface area is 115 Å². The van der Waals surface area contributed by atoms with Crippen molar-refractivity contribution in [3.63, 3.8) is 0 Å². The van der Waals surface area contributed by atoms with Crippen LogP contribution in [-0.4, -0.2) is 42.9 Å². The van der Waals surface area contributed by atoms with Crippen LogP contribution in [0.3, 0.4) is 0 Å². The van der Waals surface area contributed by atoms with E-state index in [-0.39, 0.29) is 5.82 Å². The molecule has 0 aliphatic carbocycles. The number of benzene rings is 1. The van der Waals surface area contributed by atoms with Gasteiger partial charge in [0.15, 0.2) is 0 Å². The summed E-state index contributed by atoms with van der Waals surface area (Å²) in [7, 11) is 1.69. The number of halogens is 1. The van der Waals surface area contributed by atoms with E-state index in [4.69, 9.17) is 4.74 Å². The average Bonchev–Trinajstić information content (AvgIpc) is 2.40. The maximum Gasteiger partial charge on any atom is 0.123 e. The van der Waals surface area contributed by atoms with E-state index in [1.165, 1.54) is 12.1 Å². The first-order valence-corrected chi connectivity index (χ1v) is 6.75. The van der Waals surface area contributed by atoms with Gasteiger partial charge in [-0.05, 0) is 37.6 Å². The number of ether oxygens (including phenoxy) is 1. The molecule has 1 rings (SSSR count). The molecule has 2 atom stereocenters. The van der Waals surface area contributed by atoms with Gasteiger partial charge in [-0.15, -0.1) is 0 Å². The number of methoxy groups -OCH3 is 1. The molecule has 0 fully saturated rings. The molecule has 1 aromatic carbocycles. The van der Waals surface area contributed by atoms with Crippen molar-refractivity contribution in [1.29, 1.82) is 0 Å².